The number of carbonyl (C=O) groups excluding carboxylic acids is 2. The fourth-order valence-electron chi connectivity index (χ4n) is 4.35. The van der Waals surface area contributed by atoms with Crippen LogP contribution >= 0.6 is 23.2 Å². The van der Waals surface area contributed by atoms with Crippen molar-refractivity contribution in [2.24, 2.45) is 5.73 Å². The van der Waals surface area contributed by atoms with E-state index < -0.39 is 21.7 Å². The smallest absolute Gasteiger partial charge is 0.270 e. The molecule has 8 nitrogen and oxygen atoms in total. The van der Waals surface area contributed by atoms with Gasteiger partial charge in [0.05, 0.1) is 11.5 Å². The maximum Gasteiger partial charge on any atom is 0.270 e. The zero-order valence-corrected chi connectivity index (χ0v) is 21.1. The van der Waals surface area contributed by atoms with Crippen molar-refractivity contribution in [3.05, 3.63) is 80.1 Å². The van der Waals surface area contributed by atoms with Gasteiger partial charge in [-0.3, -0.25) is 9.59 Å². The third-order valence-electron chi connectivity index (χ3n) is 6.04. The number of H-pyrrole nitrogens is 1. The Morgan fingerprint density at radius 2 is 1.77 bits per heavy atom. The number of primary amides is 1. The van der Waals surface area contributed by atoms with Crippen LogP contribution in [0, 0.1) is 6.92 Å². The van der Waals surface area contributed by atoms with Gasteiger partial charge >= 0.3 is 0 Å². The molecule has 35 heavy (non-hydrogen) atoms. The van der Waals surface area contributed by atoms with Crippen molar-refractivity contribution in [1.82, 2.24) is 9.88 Å². The number of hydrogen-bond donors (Lipinski definition) is 3. The number of aromatic amines is 1. The largest absolute Gasteiger partial charge is 0.392 e. The molecule has 1 aliphatic heterocycles. The molecular formula is C24H23Cl2N3O5S. The first kappa shape index (κ1) is 25.2. The van der Waals surface area contributed by atoms with Gasteiger partial charge in [-0.15, -0.1) is 0 Å². The Morgan fingerprint density at radius 3 is 2.40 bits per heavy atom. The van der Waals surface area contributed by atoms with Crippen LogP contribution in [0.5, 0.6) is 0 Å². The maximum atomic E-state index is 13.6. The minimum Gasteiger partial charge on any atom is -0.392 e. The quantitative estimate of drug-likeness (QED) is 0.458. The number of nitrogens with two attached hydrogens (primary N) is 1. The zero-order valence-electron chi connectivity index (χ0n) is 18.8. The lowest BCUT2D eigenvalue weighted by molar-refractivity contribution is 0.0739. The average Bonchev–Trinajstić information content (AvgIpc) is 3.02. The van der Waals surface area contributed by atoms with Crippen LogP contribution < -0.4 is 5.73 Å². The predicted octanol–water partition coefficient (Wildman–Crippen LogP) is 3.64. The number of carbonyl (C=O) groups is 2. The van der Waals surface area contributed by atoms with Gasteiger partial charge in [0.1, 0.15) is 16.3 Å². The molecule has 2 aromatic carbocycles. The van der Waals surface area contributed by atoms with Crippen molar-refractivity contribution in [3.63, 3.8) is 0 Å². The Bertz CT molecular complexity index is 1430. The molecular weight excluding hydrogens is 513 g/mol. The van der Waals surface area contributed by atoms with Crippen molar-refractivity contribution in [2.75, 3.05) is 6.54 Å². The summed E-state index contributed by atoms with van der Waals surface area (Å²) in [4.78, 5) is 29.4. The van der Waals surface area contributed by atoms with Gasteiger partial charge in [-0.25, -0.2) is 8.42 Å². The van der Waals surface area contributed by atoms with Gasteiger partial charge in [-0.2, -0.15) is 0 Å². The summed E-state index contributed by atoms with van der Waals surface area (Å²) in [6.07, 6.45) is 1.46. The second kappa shape index (κ2) is 9.66. The molecule has 0 bridgehead atoms. The topological polar surface area (TPSA) is 134 Å². The molecule has 4 rings (SSSR count). The van der Waals surface area contributed by atoms with E-state index in [9.17, 15) is 23.1 Å². The lowest BCUT2D eigenvalue weighted by Crippen LogP contribution is -2.31. The number of fused-ring (bicyclic) bond motifs is 1. The first-order valence-electron chi connectivity index (χ1n) is 10.8. The molecule has 0 unspecified atom stereocenters. The molecule has 0 spiro atoms. The monoisotopic (exact) mass is 535 g/mol. The number of aromatic nitrogens is 1. The van der Waals surface area contributed by atoms with E-state index in [1.165, 1.54) is 25.1 Å². The number of aliphatic hydroxyl groups excluding tert-OH is 1. The number of rotatable bonds is 5. The van der Waals surface area contributed by atoms with Gasteiger partial charge in [-0.1, -0.05) is 41.4 Å². The molecule has 0 saturated heterocycles. The van der Waals surface area contributed by atoms with Gasteiger partial charge in [-0.05, 0) is 60.2 Å². The Kier molecular flexibility index (Phi) is 6.97. The number of aliphatic hydroxyl groups is 1. The number of aryl methyl sites for hydroxylation is 1. The number of benzene rings is 2. The van der Waals surface area contributed by atoms with E-state index in [0.717, 1.165) is 23.1 Å². The van der Waals surface area contributed by atoms with Crippen LogP contribution in [-0.4, -0.2) is 41.8 Å². The average molecular weight is 536 g/mol. The molecule has 2 amide bonds. The molecule has 3 aromatic rings. The summed E-state index contributed by atoms with van der Waals surface area (Å²) in [5.41, 5.74) is 7.87. The fourth-order valence-corrected chi connectivity index (χ4v) is 6.73. The van der Waals surface area contributed by atoms with Gasteiger partial charge in [0.15, 0.2) is 0 Å². The van der Waals surface area contributed by atoms with E-state index in [-0.39, 0.29) is 49.9 Å². The molecule has 11 heteroatoms. The highest BCUT2D eigenvalue weighted by Crippen LogP contribution is 2.33. The number of nitrogens with one attached hydrogen (secondary N) is 1. The van der Waals surface area contributed by atoms with Crippen LogP contribution in [0.25, 0.3) is 0 Å². The number of nitrogens with zero attached hydrogens (tertiary/aromatic N) is 1. The van der Waals surface area contributed by atoms with Crippen LogP contribution in [0.2, 0.25) is 10.0 Å². The van der Waals surface area contributed by atoms with Gasteiger partial charge in [0.2, 0.25) is 9.84 Å². The maximum absolute atomic E-state index is 13.6. The number of amides is 2. The molecule has 0 fully saturated rings. The summed E-state index contributed by atoms with van der Waals surface area (Å²) in [5, 5.41) is 9.69. The summed E-state index contributed by atoms with van der Waals surface area (Å²) in [7, 11) is -4.30. The van der Waals surface area contributed by atoms with Crippen molar-refractivity contribution in [3.8, 4) is 0 Å². The van der Waals surface area contributed by atoms with E-state index in [4.69, 9.17) is 28.9 Å². The third kappa shape index (κ3) is 4.81. The first-order valence-corrected chi connectivity index (χ1v) is 13.0. The van der Waals surface area contributed by atoms with E-state index in [1.807, 2.05) is 18.2 Å². The fraction of sp³-hybridized carbons (Fsp3) is 0.250. The Morgan fingerprint density at radius 1 is 1.09 bits per heavy atom. The van der Waals surface area contributed by atoms with Crippen LogP contribution in [0.15, 0.2) is 46.2 Å². The molecule has 0 aliphatic carbocycles. The molecule has 2 heterocycles. The molecule has 0 saturated carbocycles. The van der Waals surface area contributed by atoms with Crippen molar-refractivity contribution >= 4 is 44.9 Å². The lowest BCUT2D eigenvalue weighted by Gasteiger charge is -2.21. The summed E-state index contributed by atoms with van der Waals surface area (Å²) < 4.78 is 27.0. The van der Waals surface area contributed by atoms with Crippen molar-refractivity contribution in [2.45, 2.75) is 42.7 Å². The standard InChI is InChI=1S/C24H23Cl2N3O5S/c1-13-20(24(32)29-6-2-3-15-5-4-14(12-30)7-16(15)11-29)28-21(23(27)31)22(13)35(33,34)19-9-17(25)8-18(26)10-19/h4-5,7-10,28,30H,2-3,6,11-12H2,1H3,(H2,27,31). The summed E-state index contributed by atoms with van der Waals surface area (Å²) in [6.45, 7) is 2.04. The van der Waals surface area contributed by atoms with Crippen molar-refractivity contribution in [1.29, 1.82) is 0 Å². The summed E-state index contributed by atoms with van der Waals surface area (Å²) >= 11 is 12.0. The molecule has 0 radical (unpaired) electrons. The van der Waals surface area contributed by atoms with Crippen LogP contribution in [0.4, 0.5) is 0 Å². The highest BCUT2D eigenvalue weighted by Gasteiger charge is 2.34. The van der Waals surface area contributed by atoms with Gasteiger partial charge in [0, 0.05) is 23.1 Å². The Labute approximate surface area is 212 Å². The minimum atomic E-state index is -4.30. The van der Waals surface area contributed by atoms with E-state index >= 15 is 0 Å². The molecule has 4 N–H and O–H groups in total. The predicted molar refractivity (Wildman–Crippen MR) is 131 cm³/mol. The summed E-state index contributed by atoms with van der Waals surface area (Å²) in [6, 6.07) is 9.47. The molecule has 1 aliphatic rings. The highest BCUT2D eigenvalue weighted by atomic mass is 35.5. The normalized spacial score (nSPS) is 13.9. The lowest BCUT2D eigenvalue weighted by atomic mass is 10.0. The molecule has 184 valence electrons. The van der Waals surface area contributed by atoms with Crippen LogP contribution in [0.3, 0.4) is 0 Å². The van der Waals surface area contributed by atoms with Crippen molar-refractivity contribution < 1.29 is 23.1 Å². The van der Waals surface area contributed by atoms with E-state index in [0.29, 0.717) is 13.0 Å². The van der Waals surface area contributed by atoms with Crippen LogP contribution in [-0.2, 0) is 29.4 Å². The minimum absolute atomic E-state index is 0.0349. The summed E-state index contributed by atoms with van der Waals surface area (Å²) in [5.74, 6) is -1.48. The van der Waals surface area contributed by atoms with E-state index in [2.05, 4.69) is 4.98 Å². The van der Waals surface area contributed by atoms with Crippen LogP contribution in [0.1, 0.15) is 49.7 Å². The third-order valence-corrected chi connectivity index (χ3v) is 8.38. The van der Waals surface area contributed by atoms with Gasteiger partial charge < -0.3 is 20.7 Å². The SMILES string of the molecule is Cc1c(C(=O)N2CCCc3ccc(CO)cc3C2)[nH]c(C(N)=O)c1S(=O)(=O)c1cc(Cl)cc(Cl)c1. The highest BCUT2D eigenvalue weighted by molar-refractivity contribution is 7.91. The zero-order chi connectivity index (χ0) is 25.5. The molecule has 1 aromatic heterocycles. The first-order chi connectivity index (χ1) is 16.5. The van der Waals surface area contributed by atoms with E-state index in [1.54, 1.807) is 4.90 Å². The second-order valence-corrected chi connectivity index (χ2v) is 11.2. The van der Waals surface area contributed by atoms with Gasteiger partial charge in [0.25, 0.3) is 11.8 Å². The number of sulfone groups is 1. The molecule has 0 atom stereocenters. The Hall–Kier alpha value is -2.85. The number of hydrogen-bond acceptors (Lipinski definition) is 5. The Balaban J connectivity index is 1.78. The second-order valence-electron chi connectivity index (χ2n) is 8.39. The number of halogens is 2.